The summed E-state index contributed by atoms with van der Waals surface area (Å²) in [5.41, 5.74) is 1.20. The first-order valence-electron chi connectivity index (χ1n) is 3.43. The van der Waals surface area contributed by atoms with Gasteiger partial charge in [-0.3, -0.25) is 4.68 Å². The largest absolute Gasteiger partial charge is 0.383 e. The molecule has 0 fully saturated rings. The lowest BCUT2D eigenvalue weighted by atomic mass is 10.4. The number of halogens is 1. The topological polar surface area (TPSA) is 27.1 Å². The number of ether oxygens (including phenoxy) is 1. The fraction of sp³-hybridized carbons (Fsp3) is 0.571. The molecule has 3 nitrogen and oxygen atoms in total. The maximum absolute atomic E-state index is 4.92. The van der Waals surface area contributed by atoms with Crippen molar-refractivity contribution in [1.29, 1.82) is 0 Å². The van der Waals surface area contributed by atoms with Gasteiger partial charge in [0.2, 0.25) is 0 Å². The van der Waals surface area contributed by atoms with Crippen molar-refractivity contribution in [2.75, 3.05) is 13.7 Å². The molecule has 0 aromatic carbocycles. The molecule has 0 aliphatic carbocycles. The van der Waals surface area contributed by atoms with Crippen molar-refractivity contribution < 1.29 is 4.74 Å². The van der Waals surface area contributed by atoms with Gasteiger partial charge in [0.25, 0.3) is 0 Å². The van der Waals surface area contributed by atoms with E-state index in [2.05, 4.69) is 21.0 Å². The highest BCUT2D eigenvalue weighted by Gasteiger charge is 1.94. The molecule has 1 rings (SSSR count). The Balaban J connectivity index is 2.44. The minimum absolute atomic E-state index is 0.712. The van der Waals surface area contributed by atoms with Crippen LogP contribution in [0.1, 0.15) is 5.56 Å². The fourth-order valence-electron chi connectivity index (χ4n) is 0.783. The number of alkyl halides is 1. The van der Waals surface area contributed by atoms with Gasteiger partial charge >= 0.3 is 0 Å². The van der Waals surface area contributed by atoms with Gasteiger partial charge in [0.15, 0.2) is 0 Å². The molecule has 0 saturated heterocycles. The van der Waals surface area contributed by atoms with Crippen LogP contribution in [-0.2, 0) is 16.6 Å². The van der Waals surface area contributed by atoms with Gasteiger partial charge in [0, 0.05) is 24.2 Å². The van der Waals surface area contributed by atoms with Crippen molar-refractivity contribution in [3.8, 4) is 0 Å². The Kier molecular flexibility index (Phi) is 3.59. The highest BCUT2D eigenvalue weighted by molar-refractivity contribution is 9.08. The van der Waals surface area contributed by atoms with Crippen LogP contribution in [0.15, 0.2) is 12.4 Å². The summed E-state index contributed by atoms with van der Waals surface area (Å²) in [6.07, 6.45) is 3.86. The Hall–Kier alpha value is -0.350. The van der Waals surface area contributed by atoms with Crippen molar-refractivity contribution >= 4 is 15.9 Å². The van der Waals surface area contributed by atoms with Gasteiger partial charge in [-0.1, -0.05) is 15.9 Å². The van der Waals surface area contributed by atoms with Crippen LogP contribution in [0.3, 0.4) is 0 Å². The summed E-state index contributed by atoms with van der Waals surface area (Å²) in [5, 5.41) is 4.99. The summed E-state index contributed by atoms with van der Waals surface area (Å²) < 4.78 is 6.79. The molecule has 0 bridgehead atoms. The number of rotatable bonds is 4. The van der Waals surface area contributed by atoms with E-state index in [9.17, 15) is 0 Å². The summed E-state index contributed by atoms with van der Waals surface area (Å²) in [6.45, 7) is 1.53. The van der Waals surface area contributed by atoms with Crippen LogP contribution in [-0.4, -0.2) is 23.5 Å². The van der Waals surface area contributed by atoms with Crippen LogP contribution in [0.2, 0.25) is 0 Å². The Labute approximate surface area is 74.5 Å². The first-order chi connectivity index (χ1) is 5.36. The normalized spacial score (nSPS) is 10.4. The Bertz CT molecular complexity index is 212. The van der Waals surface area contributed by atoms with Gasteiger partial charge in [0.05, 0.1) is 19.3 Å². The molecule has 1 aromatic rings. The highest BCUT2D eigenvalue weighted by Crippen LogP contribution is 2.02. The smallest absolute Gasteiger partial charge is 0.0658 e. The molecule has 0 aliphatic rings. The average molecular weight is 219 g/mol. The van der Waals surface area contributed by atoms with Crippen LogP contribution in [0.25, 0.3) is 0 Å². The Morgan fingerprint density at radius 1 is 1.73 bits per heavy atom. The maximum Gasteiger partial charge on any atom is 0.0658 e. The second kappa shape index (κ2) is 4.51. The van der Waals surface area contributed by atoms with Crippen LogP contribution in [0, 0.1) is 0 Å². The summed E-state index contributed by atoms with van der Waals surface area (Å²) in [6, 6.07) is 0. The van der Waals surface area contributed by atoms with Crippen molar-refractivity contribution in [3.63, 3.8) is 0 Å². The lowest BCUT2D eigenvalue weighted by Gasteiger charge is -1.97. The van der Waals surface area contributed by atoms with Gasteiger partial charge < -0.3 is 4.74 Å². The highest BCUT2D eigenvalue weighted by atomic mass is 79.9. The molecule has 0 atom stereocenters. The van der Waals surface area contributed by atoms with Crippen LogP contribution in [0.5, 0.6) is 0 Å². The van der Waals surface area contributed by atoms with Crippen molar-refractivity contribution in [1.82, 2.24) is 9.78 Å². The summed E-state index contributed by atoms with van der Waals surface area (Å²) in [4.78, 5) is 0. The average Bonchev–Trinajstić information content (AvgIpc) is 2.48. The molecule has 0 radical (unpaired) electrons. The van der Waals surface area contributed by atoms with E-state index in [1.165, 1.54) is 5.56 Å². The summed E-state index contributed by atoms with van der Waals surface area (Å²) in [5.74, 6) is 0. The first-order valence-corrected chi connectivity index (χ1v) is 4.55. The molecule has 0 saturated carbocycles. The molecule has 62 valence electrons. The van der Waals surface area contributed by atoms with Gasteiger partial charge in [0.1, 0.15) is 0 Å². The van der Waals surface area contributed by atoms with Crippen molar-refractivity contribution in [2.24, 2.45) is 0 Å². The SMILES string of the molecule is COCCn1cc(CBr)cn1. The second-order valence-corrected chi connectivity index (χ2v) is 2.80. The van der Waals surface area contributed by atoms with Crippen molar-refractivity contribution in [2.45, 2.75) is 11.9 Å². The third-order valence-electron chi connectivity index (χ3n) is 1.37. The molecule has 1 heterocycles. The van der Waals surface area contributed by atoms with E-state index in [4.69, 9.17) is 4.74 Å². The number of nitrogens with zero attached hydrogens (tertiary/aromatic N) is 2. The fourth-order valence-corrected chi connectivity index (χ4v) is 1.07. The van der Waals surface area contributed by atoms with Gasteiger partial charge in [-0.15, -0.1) is 0 Å². The van der Waals surface area contributed by atoms with Gasteiger partial charge in [-0.2, -0.15) is 5.10 Å². The van der Waals surface area contributed by atoms with E-state index < -0.39 is 0 Å². The molecule has 0 spiro atoms. The summed E-state index contributed by atoms with van der Waals surface area (Å²) >= 11 is 3.35. The van der Waals surface area contributed by atoms with E-state index in [1.54, 1.807) is 7.11 Å². The molecule has 0 aliphatic heterocycles. The van der Waals surface area contributed by atoms with Crippen molar-refractivity contribution in [3.05, 3.63) is 18.0 Å². The molecule has 11 heavy (non-hydrogen) atoms. The predicted molar refractivity (Wildman–Crippen MR) is 46.7 cm³/mol. The van der Waals surface area contributed by atoms with E-state index in [-0.39, 0.29) is 0 Å². The minimum atomic E-state index is 0.712. The molecule has 0 amide bonds. The molecule has 4 heteroatoms. The Morgan fingerprint density at radius 3 is 3.09 bits per heavy atom. The third-order valence-corrected chi connectivity index (χ3v) is 2.01. The second-order valence-electron chi connectivity index (χ2n) is 2.24. The van der Waals surface area contributed by atoms with Crippen LogP contribution >= 0.6 is 15.9 Å². The lowest BCUT2D eigenvalue weighted by Crippen LogP contribution is -2.03. The van der Waals surface area contributed by atoms with Gasteiger partial charge in [-0.25, -0.2) is 0 Å². The molecular formula is C7H11BrN2O. The zero-order chi connectivity index (χ0) is 8.10. The number of hydrogen-bond donors (Lipinski definition) is 0. The summed E-state index contributed by atoms with van der Waals surface area (Å²) in [7, 11) is 1.69. The molecule has 1 aromatic heterocycles. The first kappa shape index (κ1) is 8.74. The van der Waals surface area contributed by atoms with Crippen LogP contribution < -0.4 is 0 Å². The van der Waals surface area contributed by atoms with E-state index in [0.29, 0.717) is 6.61 Å². The lowest BCUT2D eigenvalue weighted by molar-refractivity contribution is 0.183. The number of hydrogen-bond acceptors (Lipinski definition) is 2. The minimum Gasteiger partial charge on any atom is -0.383 e. The standard InChI is InChI=1S/C7H11BrN2O/c1-11-3-2-10-6-7(4-8)5-9-10/h5-6H,2-4H2,1H3. The van der Waals surface area contributed by atoms with E-state index in [0.717, 1.165) is 11.9 Å². The Morgan fingerprint density at radius 2 is 2.55 bits per heavy atom. The zero-order valence-corrected chi connectivity index (χ0v) is 8.04. The molecule has 0 unspecified atom stereocenters. The van der Waals surface area contributed by atoms with E-state index in [1.807, 2.05) is 17.1 Å². The number of methoxy groups -OCH3 is 1. The zero-order valence-electron chi connectivity index (χ0n) is 6.46. The quantitative estimate of drug-likeness (QED) is 0.716. The third kappa shape index (κ3) is 2.63. The predicted octanol–water partition coefficient (Wildman–Crippen LogP) is 1.42. The van der Waals surface area contributed by atoms with Gasteiger partial charge in [-0.05, 0) is 0 Å². The maximum atomic E-state index is 4.92. The van der Waals surface area contributed by atoms with Crippen LogP contribution in [0.4, 0.5) is 0 Å². The molecule has 0 N–H and O–H groups in total. The van der Waals surface area contributed by atoms with E-state index >= 15 is 0 Å². The number of aromatic nitrogens is 2. The molecular weight excluding hydrogens is 208 g/mol. The monoisotopic (exact) mass is 218 g/mol.